The first-order valence-electron chi connectivity index (χ1n) is 5.91. The largest absolute Gasteiger partial charge is 0.478 e. The Morgan fingerprint density at radius 2 is 1.68 bits per heavy atom. The number of nitrogens with zero attached hydrogens (tertiary/aromatic N) is 1. The average Bonchev–Trinajstić information content (AvgIpc) is 2.47. The van der Waals surface area contributed by atoms with Crippen LogP contribution in [0.5, 0.6) is 0 Å². The number of carbonyl (C=O) groups is 1. The van der Waals surface area contributed by atoms with Crippen LogP contribution in [-0.2, 0) is 10.0 Å². The van der Waals surface area contributed by atoms with E-state index < -0.39 is 31.5 Å². The van der Waals surface area contributed by atoms with Crippen LogP contribution in [0.25, 0.3) is 0 Å². The topological polar surface area (TPSA) is 127 Å². The summed E-state index contributed by atoms with van der Waals surface area (Å²) in [5, 5.41) is 19.7. The second-order valence-corrected chi connectivity index (χ2v) is 5.86. The van der Waals surface area contributed by atoms with E-state index in [1.165, 1.54) is 36.4 Å². The molecule has 114 valence electrons. The third kappa shape index (κ3) is 3.20. The predicted molar refractivity (Wildman–Crippen MR) is 77.3 cm³/mol. The zero-order valence-electron chi connectivity index (χ0n) is 11.0. The van der Waals surface area contributed by atoms with Gasteiger partial charge >= 0.3 is 5.97 Å². The molecule has 0 spiro atoms. The van der Waals surface area contributed by atoms with Crippen LogP contribution in [0.15, 0.2) is 53.4 Å². The molecule has 8 nitrogen and oxygen atoms in total. The van der Waals surface area contributed by atoms with Crippen molar-refractivity contribution >= 4 is 27.4 Å². The van der Waals surface area contributed by atoms with Gasteiger partial charge in [0.2, 0.25) is 0 Å². The monoisotopic (exact) mass is 322 g/mol. The summed E-state index contributed by atoms with van der Waals surface area (Å²) in [6.45, 7) is 0. The van der Waals surface area contributed by atoms with Crippen molar-refractivity contribution in [2.24, 2.45) is 0 Å². The van der Waals surface area contributed by atoms with E-state index in [2.05, 4.69) is 4.72 Å². The van der Waals surface area contributed by atoms with Crippen molar-refractivity contribution in [1.82, 2.24) is 0 Å². The fourth-order valence-electron chi connectivity index (χ4n) is 1.73. The number of carboxylic acids is 1. The maximum absolute atomic E-state index is 12.2. The quantitative estimate of drug-likeness (QED) is 0.641. The second kappa shape index (κ2) is 5.82. The number of anilines is 1. The van der Waals surface area contributed by atoms with Crippen molar-refractivity contribution in [1.29, 1.82) is 0 Å². The lowest BCUT2D eigenvalue weighted by molar-refractivity contribution is -0.387. The first kappa shape index (κ1) is 15.4. The Hall–Kier alpha value is -2.94. The number of carboxylic acid groups (broad SMARTS) is 1. The zero-order chi connectivity index (χ0) is 16.3. The molecule has 2 aromatic carbocycles. The third-order valence-electron chi connectivity index (χ3n) is 2.74. The fraction of sp³-hybridized carbons (Fsp3) is 0. The van der Waals surface area contributed by atoms with Crippen molar-refractivity contribution in [3.63, 3.8) is 0 Å². The number of hydrogen-bond acceptors (Lipinski definition) is 5. The van der Waals surface area contributed by atoms with E-state index in [9.17, 15) is 23.3 Å². The molecule has 0 aliphatic rings. The van der Waals surface area contributed by atoms with Crippen LogP contribution in [0.1, 0.15) is 10.4 Å². The van der Waals surface area contributed by atoms with E-state index in [4.69, 9.17) is 5.11 Å². The molecule has 9 heteroatoms. The molecule has 2 aromatic rings. The van der Waals surface area contributed by atoms with E-state index in [1.54, 1.807) is 0 Å². The molecule has 0 aromatic heterocycles. The molecule has 0 radical (unpaired) electrons. The molecule has 0 bridgehead atoms. The van der Waals surface area contributed by atoms with Gasteiger partial charge in [0, 0.05) is 11.8 Å². The molecule has 0 unspecified atom stereocenters. The number of nitro benzene ring substituents is 1. The van der Waals surface area contributed by atoms with E-state index in [0.717, 1.165) is 12.1 Å². The molecule has 0 atom stereocenters. The Bertz CT molecular complexity index is 830. The number of hydrogen-bond donors (Lipinski definition) is 2. The Kier molecular flexibility index (Phi) is 4.08. The van der Waals surface area contributed by atoms with Crippen molar-refractivity contribution in [3.05, 3.63) is 64.2 Å². The van der Waals surface area contributed by atoms with Gasteiger partial charge in [-0.05, 0) is 30.3 Å². The van der Waals surface area contributed by atoms with Crippen LogP contribution in [-0.4, -0.2) is 24.4 Å². The summed E-state index contributed by atoms with van der Waals surface area (Å²) in [5.41, 5.74) is -0.450. The maximum atomic E-state index is 12.2. The summed E-state index contributed by atoms with van der Waals surface area (Å²) in [7, 11) is -4.16. The van der Waals surface area contributed by atoms with Gasteiger partial charge < -0.3 is 5.11 Å². The van der Waals surface area contributed by atoms with E-state index in [-0.39, 0.29) is 11.3 Å². The second-order valence-electron chi connectivity index (χ2n) is 4.21. The molecule has 0 heterocycles. The minimum atomic E-state index is -4.16. The first-order valence-corrected chi connectivity index (χ1v) is 7.39. The van der Waals surface area contributed by atoms with Crippen LogP contribution in [0.2, 0.25) is 0 Å². The molecular weight excluding hydrogens is 312 g/mol. The highest BCUT2D eigenvalue weighted by Crippen LogP contribution is 2.25. The molecule has 0 aliphatic carbocycles. The van der Waals surface area contributed by atoms with Gasteiger partial charge in [-0.1, -0.05) is 12.1 Å². The van der Waals surface area contributed by atoms with Crippen LogP contribution >= 0.6 is 0 Å². The Labute approximate surface area is 125 Å². The highest BCUT2D eigenvalue weighted by Gasteiger charge is 2.25. The summed E-state index contributed by atoms with van der Waals surface area (Å²) in [5.74, 6) is -1.15. The smallest absolute Gasteiger partial charge is 0.335 e. The van der Waals surface area contributed by atoms with E-state index in [1.807, 2.05) is 0 Å². The molecule has 2 N–H and O–H groups in total. The number of aromatic carboxylic acids is 1. The summed E-state index contributed by atoms with van der Waals surface area (Å²) >= 11 is 0. The van der Waals surface area contributed by atoms with Gasteiger partial charge in [0.15, 0.2) is 4.90 Å². The van der Waals surface area contributed by atoms with E-state index >= 15 is 0 Å². The van der Waals surface area contributed by atoms with Gasteiger partial charge in [-0.25, -0.2) is 13.2 Å². The number of para-hydroxylation sites is 1. The Balaban J connectivity index is 2.36. The molecular formula is C13H10N2O6S. The van der Waals surface area contributed by atoms with Crippen LogP contribution in [0.4, 0.5) is 11.4 Å². The fourth-order valence-corrected chi connectivity index (χ4v) is 2.96. The normalized spacial score (nSPS) is 10.9. The van der Waals surface area contributed by atoms with Crippen molar-refractivity contribution in [2.75, 3.05) is 4.72 Å². The summed E-state index contributed by atoms with van der Waals surface area (Å²) in [6.07, 6.45) is 0. The maximum Gasteiger partial charge on any atom is 0.335 e. The molecule has 0 fully saturated rings. The molecule has 0 aliphatic heterocycles. The number of rotatable bonds is 5. The van der Waals surface area contributed by atoms with Gasteiger partial charge in [-0.15, -0.1) is 0 Å². The van der Waals surface area contributed by atoms with Crippen LogP contribution < -0.4 is 4.72 Å². The van der Waals surface area contributed by atoms with Crippen molar-refractivity contribution in [2.45, 2.75) is 4.90 Å². The lowest BCUT2D eigenvalue weighted by Crippen LogP contribution is -2.14. The Morgan fingerprint density at radius 1 is 1.09 bits per heavy atom. The predicted octanol–water partition coefficient (Wildman–Crippen LogP) is 2.09. The summed E-state index contributed by atoms with van der Waals surface area (Å²) < 4.78 is 26.6. The van der Waals surface area contributed by atoms with Crippen molar-refractivity contribution in [3.8, 4) is 0 Å². The lowest BCUT2D eigenvalue weighted by atomic mass is 10.2. The molecule has 22 heavy (non-hydrogen) atoms. The van der Waals surface area contributed by atoms with Gasteiger partial charge in [0.25, 0.3) is 15.7 Å². The van der Waals surface area contributed by atoms with Gasteiger partial charge in [0.05, 0.1) is 10.5 Å². The minimum Gasteiger partial charge on any atom is -0.478 e. The SMILES string of the molecule is O=C(O)c1ccc(NS(=O)(=O)c2ccccc2[N+](=O)[O-])cc1. The van der Waals surface area contributed by atoms with Gasteiger partial charge in [-0.2, -0.15) is 0 Å². The number of benzene rings is 2. The first-order chi connectivity index (χ1) is 10.3. The summed E-state index contributed by atoms with van der Waals surface area (Å²) in [6, 6.07) is 9.90. The van der Waals surface area contributed by atoms with Gasteiger partial charge in [-0.3, -0.25) is 14.8 Å². The van der Waals surface area contributed by atoms with Crippen LogP contribution in [0, 0.1) is 10.1 Å². The lowest BCUT2D eigenvalue weighted by Gasteiger charge is -2.08. The highest BCUT2D eigenvalue weighted by atomic mass is 32.2. The van der Waals surface area contributed by atoms with Gasteiger partial charge in [0.1, 0.15) is 0 Å². The number of nitro groups is 1. The zero-order valence-corrected chi connectivity index (χ0v) is 11.8. The Morgan fingerprint density at radius 3 is 2.23 bits per heavy atom. The molecule has 2 rings (SSSR count). The highest BCUT2D eigenvalue weighted by molar-refractivity contribution is 7.92. The minimum absolute atomic E-state index is 0.00589. The number of nitrogens with one attached hydrogen (secondary N) is 1. The molecule has 0 amide bonds. The van der Waals surface area contributed by atoms with Crippen LogP contribution in [0.3, 0.4) is 0 Å². The third-order valence-corrected chi connectivity index (χ3v) is 4.16. The van der Waals surface area contributed by atoms with Crippen molar-refractivity contribution < 1.29 is 23.2 Å². The standard InChI is InChI=1S/C13H10N2O6S/c16-13(17)9-5-7-10(8-6-9)14-22(20,21)12-4-2-1-3-11(12)15(18)19/h1-8,14H,(H,16,17). The summed E-state index contributed by atoms with van der Waals surface area (Å²) in [4.78, 5) is 20.4. The molecule has 0 saturated carbocycles. The molecule has 0 saturated heterocycles. The number of sulfonamides is 1. The van der Waals surface area contributed by atoms with E-state index in [0.29, 0.717) is 0 Å². The average molecular weight is 322 g/mol.